The Hall–Kier alpha value is -0.120. The molecule has 0 aromatic heterocycles. The maximum Gasteiger partial charge on any atom is 0.0110 e. The van der Waals surface area contributed by atoms with Crippen LogP contribution in [-0.4, -0.2) is 62.7 Å². The lowest BCUT2D eigenvalue weighted by atomic mass is 9.86. The minimum atomic E-state index is 0.426. The second-order valence-electron chi connectivity index (χ2n) is 6.67. The highest BCUT2D eigenvalue weighted by molar-refractivity contribution is 4.82. The lowest BCUT2D eigenvalue weighted by molar-refractivity contribution is 0.0833. The van der Waals surface area contributed by atoms with Crippen molar-refractivity contribution >= 4 is 0 Å². The first kappa shape index (κ1) is 15.9. The highest BCUT2D eigenvalue weighted by Crippen LogP contribution is 2.22. The Balaban J connectivity index is 2.34. The molecule has 0 spiro atoms. The molecule has 1 atom stereocenters. The fourth-order valence-electron chi connectivity index (χ4n) is 2.91. The van der Waals surface area contributed by atoms with Gasteiger partial charge in [0.1, 0.15) is 0 Å². The molecular weight excluding hydrogens is 222 g/mol. The zero-order valence-electron chi connectivity index (χ0n) is 13.1. The molecule has 1 unspecified atom stereocenters. The van der Waals surface area contributed by atoms with E-state index in [2.05, 4.69) is 49.9 Å². The third-order valence-corrected chi connectivity index (χ3v) is 4.15. The molecular formula is C15H33N3. The Morgan fingerprint density at radius 1 is 1.11 bits per heavy atom. The fourth-order valence-corrected chi connectivity index (χ4v) is 2.91. The standard InChI is InChI=1S/C15H33N3/c1-6-15(4,12-16-5)13-18-9-7-17(8-10-18)11-14(2)3/h14,16H,6-13H2,1-5H3. The van der Waals surface area contributed by atoms with Crippen molar-refractivity contribution in [2.45, 2.75) is 34.1 Å². The summed E-state index contributed by atoms with van der Waals surface area (Å²) in [5.41, 5.74) is 0.426. The monoisotopic (exact) mass is 255 g/mol. The number of piperazine rings is 1. The van der Waals surface area contributed by atoms with Crippen LogP contribution in [0, 0.1) is 11.3 Å². The maximum absolute atomic E-state index is 3.35. The van der Waals surface area contributed by atoms with Crippen LogP contribution in [0.15, 0.2) is 0 Å². The van der Waals surface area contributed by atoms with Gasteiger partial charge in [-0.3, -0.25) is 0 Å². The Bertz CT molecular complexity index is 222. The van der Waals surface area contributed by atoms with Crippen molar-refractivity contribution in [1.82, 2.24) is 15.1 Å². The molecule has 0 saturated carbocycles. The van der Waals surface area contributed by atoms with E-state index in [4.69, 9.17) is 0 Å². The third-order valence-electron chi connectivity index (χ3n) is 4.15. The summed E-state index contributed by atoms with van der Waals surface area (Å²) in [4.78, 5) is 5.26. The van der Waals surface area contributed by atoms with Crippen molar-refractivity contribution in [3.8, 4) is 0 Å². The molecule has 0 radical (unpaired) electrons. The van der Waals surface area contributed by atoms with Crippen LogP contribution in [0.4, 0.5) is 0 Å². The van der Waals surface area contributed by atoms with Gasteiger partial charge in [-0.05, 0) is 24.8 Å². The molecule has 18 heavy (non-hydrogen) atoms. The summed E-state index contributed by atoms with van der Waals surface area (Å²) < 4.78 is 0. The molecule has 108 valence electrons. The molecule has 1 fully saturated rings. The van der Waals surface area contributed by atoms with Crippen LogP contribution in [0.1, 0.15) is 34.1 Å². The Labute approximate surface area is 114 Å². The van der Waals surface area contributed by atoms with E-state index in [0.717, 1.165) is 12.5 Å². The molecule has 1 aliphatic heterocycles. The summed E-state index contributed by atoms with van der Waals surface area (Å²) in [6, 6.07) is 0. The van der Waals surface area contributed by atoms with Crippen LogP contribution in [0.5, 0.6) is 0 Å². The zero-order chi connectivity index (χ0) is 13.6. The summed E-state index contributed by atoms with van der Waals surface area (Å²) in [5.74, 6) is 0.793. The van der Waals surface area contributed by atoms with Crippen LogP contribution in [-0.2, 0) is 0 Å². The van der Waals surface area contributed by atoms with Gasteiger partial charge in [0, 0.05) is 45.8 Å². The molecule has 0 amide bonds. The minimum absolute atomic E-state index is 0.426. The van der Waals surface area contributed by atoms with Gasteiger partial charge in [-0.15, -0.1) is 0 Å². The molecule has 1 rings (SSSR count). The van der Waals surface area contributed by atoms with E-state index in [0.29, 0.717) is 5.41 Å². The van der Waals surface area contributed by atoms with E-state index in [1.807, 2.05) is 0 Å². The predicted octanol–water partition coefficient (Wildman–Crippen LogP) is 1.90. The number of nitrogens with zero attached hydrogens (tertiary/aromatic N) is 2. The molecule has 3 nitrogen and oxygen atoms in total. The van der Waals surface area contributed by atoms with Gasteiger partial charge in [0.05, 0.1) is 0 Å². The van der Waals surface area contributed by atoms with Gasteiger partial charge >= 0.3 is 0 Å². The van der Waals surface area contributed by atoms with Gasteiger partial charge < -0.3 is 15.1 Å². The number of hydrogen-bond donors (Lipinski definition) is 1. The molecule has 1 N–H and O–H groups in total. The van der Waals surface area contributed by atoms with Crippen molar-refractivity contribution in [2.24, 2.45) is 11.3 Å². The van der Waals surface area contributed by atoms with E-state index in [9.17, 15) is 0 Å². The lowest BCUT2D eigenvalue weighted by Gasteiger charge is -2.40. The van der Waals surface area contributed by atoms with Gasteiger partial charge in [-0.1, -0.05) is 27.7 Å². The first-order valence-corrected chi connectivity index (χ1v) is 7.58. The molecule has 3 heteroatoms. The Kier molecular flexibility index (Phi) is 6.61. The van der Waals surface area contributed by atoms with Gasteiger partial charge in [0.15, 0.2) is 0 Å². The van der Waals surface area contributed by atoms with Crippen molar-refractivity contribution < 1.29 is 0 Å². The highest BCUT2D eigenvalue weighted by atomic mass is 15.3. The largest absolute Gasteiger partial charge is 0.319 e. The Morgan fingerprint density at radius 3 is 2.11 bits per heavy atom. The van der Waals surface area contributed by atoms with Crippen LogP contribution in [0.2, 0.25) is 0 Å². The molecule has 1 aliphatic rings. The van der Waals surface area contributed by atoms with Crippen molar-refractivity contribution in [2.75, 3.05) is 52.9 Å². The number of nitrogens with one attached hydrogen (secondary N) is 1. The topological polar surface area (TPSA) is 18.5 Å². The average molecular weight is 255 g/mol. The van der Waals surface area contributed by atoms with E-state index >= 15 is 0 Å². The summed E-state index contributed by atoms with van der Waals surface area (Å²) in [7, 11) is 2.06. The first-order chi connectivity index (χ1) is 8.49. The summed E-state index contributed by atoms with van der Waals surface area (Å²) >= 11 is 0. The van der Waals surface area contributed by atoms with Crippen molar-refractivity contribution in [3.05, 3.63) is 0 Å². The van der Waals surface area contributed by atoms with Gasteiger partial charge in [0.2, 0.25) is 0 Å². The van der Waals surface area contributed by atoms with Crippen LogP contribution < -0.4 is 5.32 Å². The zero-order valence-corrected chi connectivity index (χ0v) is 13.1. The average Bonchev–Trinajstić information content (AvgIpc) is 2.31. The predicted molar refractivity (Wildman–Crippen MR) is 80.0 cm³/mol. The second-order valence-corrected chi connectivity index (χ2v) is 6.67. The minimum Gasteiger partial charge on any atom is -0.319 e. The molecule has 0 aromatic carbocycles. The molecule has 0 bridgehead atoms. The van der Waals surface area contributed by atoms with Crippen molar-refractivity contribution in [1.29, 1.82) is 0 Å². The van der Waals surface area contributed by atoms with E-state index in [-0.39, 0.29) is 0 Å². The summed E-state index contributed by atoms with van der Waals surface area (Å²) in [6.45, 7) is 17.9. The lowest BCUT2D eigenvalue weighted by Crippen LogP contribution is -2.51. The number of rotatable bonds is 7. The summed E-state index contributed by atoms with van der Waals surface area (Å²) in [6.07, 6.45) is 1.25. The summed E-state index contributed by atoms with van der Waals surface area (Å²) in [5, 5.41) is 3.35. The molecule has 0 aliphatic carbocycles. The van der Waals surface area contributed by atoms with Crippen LogP contribution in [0.3, 0.4) is 0 Å². The smallest absolute Gasteiger partial charge is 0.0110 e. The van der Waals surface area contributed by atoms with Gasteiger partial charge in [-0.25, -0.2) is 0 Å². The van der Waals surface area contributed by atoms with Crippen molar-refractivity contribution in [3.63, 3.8) is 0 Å². The highest BCUT2D eigenvalue weighted by Gasteiger charge is 2.26. The Morgan fingerprint density at radius 2 is 1.67 bits per heavy atom. The molecule has 1 saturated heterocycles. The first-order valence-electron chi connectivity index (χ1n) is 7.58. The molecule has 1 heterocycles. The normalized spacial score (nSPS) is 22.3. The van der Waals surface area contributed by atoms with Gasteiger partial charge in [-0.2, -0.15) is 0 Å². The SMILES string of the molecule is CCC(C)(CNC)CN1CCN(CC(C)C)CC1. The second kappa shape index (κ2) is 7.46. The maximum atomic E-state index is 3.35. The van der Waals surface area contributed by atoms with Crippen LogP contribution >= 0.6 is 0 Å². The fraction of sp³-hybridized carbons (Fsp3) is 1.00. The van der Waals surface area contributed by atoms with Gasteiger partial charge in [0.25, 0.3) is 0 Å². The van der Waals surface area contributed by atoms with E-state index in [1.54, 1.807) is 0 Å². The third kappa shape index (κ3) is 5.25. The van der Waals surface area contributed by atoms with E-state index in [1.165, 1.54) is 45.7 Å². The quantitative estimate of drug-likeness (QED) is 0.749. The van der Waals surface area contributed by atoms with Crippen LogP contribution in [0.25, 0.3) is 0 Å². The van der Waals surface area contributed by atoms with E-state index < -0.39 is 0 Å². The number of hydrogen-bond acceptors (Lipinski definition) is 3. The molecule has 0 aromatic rings.